The molecule has 0 aromatic carbocycles. The van der Waals surface area contributed by atoms with Crippen LogP contribution in [0.4, 0.5) is 0 Å². The maximum Gasteiger partial charge on any atom is 0.0886 e. The second kappa shape index (κ2) is 16.3. The molecule has 0 unspecified atom stereocenters. The Bertz CT molecular complexity index is 253. The standard InChI is InChI=1S/C20H42N.H2O3/c1-4-5-6-7-8-9-10-11-12-16-19-21(2,3)20-17-14-13-15-18-20;1-3-2/h20H,4-19H2,1-3H3;1-2H/q+1;. The number of nitrogens with zero attached hydrogens (tertiary/aromatic N) is 1. The Balaban J connectivity index is 0.00000163. The third-order valence-corrected chi connectivity index (χ3v) is 5.65. The summed E-state index contributed by atoms with van der Waals surface area (Å²) in [6.45, 7) is 3.70. The molecule has 1 aliphatic carbocycles. The molecule has 24 heavy (non-hydrogen) atoms. The maximum atomic E-state index is 6.62. The molecule has 0 aromatic rings. The van der Waals surface area contributed by atoms with Gasteiger partial charge in [0.15, 0.2) is 0 Å². The van der Waals surface area contributed by atoms with Gasteiger partial charge in [-0.1, -0.05) is 69.7 Å². The second-order valence-electron chi connectivity index (χ2n) is 8.06. The quantitative estimate of drug-likeness (QED) is 0.190. The lowest BCUT2D eigenvalue weighted by Crippen LogP contribution is -2.50. The zero-order valence-corrected chi connectivity index (χ0v) is 16.6. The minimum Gasteiger partial charge on any atom is -0.326 e. The van der Waals surface area contributed by atoms with Gasteiger partial charge >= 0.3 is 0 Å². The summed E-state index contributed by atoms with van der Waals surface area (Å²) in [5.41, 5.74) is 0. The minimum absolute atomic E-state index is 0.956. The van der Waals surface area contributed by atoms with Crippen LogP contribution < -0.4 is 0 Å². The first-order chi connectivity index (χ1) is 11.6. The molecule has 146 valence electrons. The van der Waals surface area contributed by atoms with Gasteiger partial charge in [0.05, 0.1) is 26.7 Å². The average molecular weight is 347 g/mol. The first kappa shape index (κ1) is 23.8. The monoisotopic (exact) mass is 346 g/mol. The summed E-state index contributed by atoms with van der Waals surface area (Å²) in [5.74, 6) is 0. The van der Waals surface area contributed by atoms with Crippen LogP contribution in [0, 0.1) is 0 Å². The zero-order valence-electron chi connectivity index (χ0n) is 16.6. The molecule has 0 atom stereocenters. The third-order valence-electron chi connectivity index (χ3n) is 5.65. The van der Waals surface area contributed by atoms with Crippen molar-refractivity contribution in [2.75, 3.05) is 20.6 Å². The molecule has 0 heterocycles. The number of quaternary nitrogens is 1. The summed E-state index contributed by atoms with van der Waals surface area (Å²) < 4.78 is 1.29. The molecular formula is C20H44NO3+. The van der Waals surface area contributed by atoms with Crippen LogP contribution in [0.25, 0.3) is 0 Å². The van der Waals surface area contributed by atoms with Crippen LogP contribution >= 0.6 is 0 Å². The summed E-state index contributed by atoms with van der Waals surface area (Å²) in [6.07, 6.45) is 21.9. The largest absolute Gasteiger partial charge is 0.326 e. The molecule has 2 N–H and O–H groups in total. The van der Waals surface area contributed by atoms with E-state index in [9.17, 15) is 0 Å². The molecule has 0 saturated heterocycles. The highest BCUT2D eigenvalue weighted by Gasteiger charge is 2.28. The van der Waals surface area contributed by atoms with Gasteiger partial charge in [-0.2, -0.15) is 0 Å². The fourth-order valence-corrected chi connectivity index (χ4v) is 3.97. The Hall–Kier alpha value is -0.160. The number of hydrogen-bond acceptors (Lipinski definition) is 3. The van der Waals surface area contributed by atoms with Crippen molar-refractivity contribution in [1.29, 1.82) is 0 Å². The van der Waals surface area contributed by atoms with Gasteiger partial charge in [-0.05, 0) is 38.5 Å². The van der Waals surface area contributed by atoms with Crippen molar-refractivity contribution in [3.63, 3.8) is 0 Å². The van der Waals surface area contributed by atoms with E-state index in [0.717, 1.165) is 6.04 Å². The lowest BCUT2D eigenvalue weighted by atomic mass is 9.93. The van der Waals surface area contributed by atoms with Crippen molar-refractivity contribution in [1.82, 2.24) is 0 Å². The molecule has 0 aromatic heterocycles. The van der Waals surface area contributed by atoms with Crippen molar-refractivity contribution in [2.45, 2.75) is 109 Å². The predicted octanol–water partition coefficient (Wildman–Crippen LogP) is 6.27. The molecule has 4 nitrogen and oxygen atoms in total. The van der Waals surface area contributed by atoms with Crippen LogP contribution in [0.2, 0.25) is 0 Å². The summed E-state index contributed by atoms with van der Waals surface area (Å²) in [4.78, 5) is 0. The molecule has 0 radical (unpaired) electrons. The Morgan fingerprint density at radius 3 is 1.62 bits per heavy atom. The van der Waals surface area contributed by atoms with Gasteiger partial charge < -0.3 is 4.48 Å². The normalized spacial score (nSPS) is 15.9. The SMILES string of the molecule is CCCCCCCCCCCC[N+](C)(C)C1CCCCC1.OOO. The van der Waals surface area contributed by atoms with Gasteiger partial charge in [-0.3, -0.25) is 0 Å². The maximum absolute atomic E-state index is 6.62. The molecule has 1 saturated carbocycles. The van der Waals surface area contributed by atoms with E-state index in [-0.39, 0.29) is 0 Å². The molecule has 4 heteroatoms. The van der Waals surface area contributed by atoms with Crippen molar-refractivity contribution >= 4 is 0 Å². The van der Waals surface area contributed by atoms with Crippen molar-refractivity contribution in [3.05, 3.63) is 0 Å². The highest BCUT2D eigenvalue weighted by molar-refractivity contribution is 4.65. The Morgan fingerprint density at radius 1 is 0.750 bits per heavy atom. The van der Waals surface area contributed by atoms with E-state index >= 15 is 0 Å². The van der Waals surface area contributed by atoms with Crippen LogP contribution in [0.3, 0.4) is 0 Å². The van der Waals surface area contributed by atoms with Gasteiger partial charge in [-0.15, -0.1) is 0 Å². The lowest BCUT2D eigenvalue weighted by molar-refractivity contribution is -0.916. The topological polar surface area (TPSA) is 49.7 Å². The van der Waals surface area contributed by atoms with E-state index in [1.165, 1.54) is 107 Å². The number of unbranched alkanes of at least 4 members (excludes halogenated alkanes) is 9. The Labute approximate surface area is 150 Å². The number of hydrogen-bond donors (Lipinski definition) is 2. The van der Waals surface area contributed by atoms with Gasteiger partial charge in [0.25, 0.3) is 0 Å². The van der Waals surface area contributed by atoms with Gasteiger partial charge in [0.2, 0.25) is 0 Å². The van der Waals surface area contributed by atoms with Gasteiger partial charge in [-0.25, -0.2) is 10.5 Å². The van der Waals surface area contributed by atoms with Gasteiger partial charge in [0, 0.05) is 0 Å². The molecule has 0 aliphatic heterocycles. The summed E-state index contributed by atoms with van der Waals surface area (Å²) in [6, 6.07) is 0.956. The van der Waals surface area contributed by atoms with Crippen molar-refractivity contribution < 1.29 is 20.0 Å². The van der Waals surface area contributed by atoms with E-state index < -0.39 is 0 Å². The highest BCUT2D eigenvalue weighted by Crippen LogP contribution is 2.26. The Morgan fingerprint density at radius 2 is 1.17 bits per heavy atom. The zero-order chi connectivity index (χ0) is 18.1. The van der Waals surface area contributed by atoms with E-state index in [1.807, 2.05) is 0 Å². The minimum atomic E-state index is 0.956. The van der Waals surface area contributed by atoms with Crippen LogP contribution in [0.15, 0.2) is 0 Å². The first-order valence-corrected chi connectivity index (χ1v) is 10.4. The van der Waals surface area contributed by atoms with Crippen LogP contribution in [0.5, 0.6) is 0 Å². The first-order valence-electron chi connectivity index (χ1n) is 10.4. The molecule has 0 bridgehead atoms. The van der Waals surface area contributed by atoms with Crippen molar-refractivity contribution in [3.8, 4) is 0 Å². The average Bonchev–Trinajstić information content (AvgIpc) is 2.58. The Kier molecular flexibility index (Phi) is 16.2. The number of rotatable bonds is 12. The van der Waals surface area contributed by atoms with Gasteiger partial charge in [0.1, 0.15) is 0 Å². The predicted molar refractivity (Wildman–Crippen MR) is 102 cm³/mol. The lowest BCUT2D eigenvalue weighted by Gasteiger charge is -2.40. The van der Waals surface area contributed by atoms with E-state index in [1.54, 1.807) is 0 Å². The summed E-state index contributed by atoms with van der Waals surface area (Å²) in [5, 5.41) is 15.5. The third kappa shape index (κ3) is 13.2. The molecule has 1 rings (SSSR count). The van der Waals surface area contributed by atoms with E-state index in [2.05, 4.69) is 26.1 Å². The van der Waals surface area contributed by atoms with E-state index in [4.69, 9.17) is 10.5 Å². The molecular weight excluding hydrogens is 302 g/mol. The van der Waals surface area contributed by atoms with Crippen LogP contribution in [-0.2, 0) is 5.04 Å². The fourth-order valence-electron chi connectivity index (χ4n) is 3.97. The highest BCUT2D eigenvalue weighted by atomic mass is 17.4. The van der Waals surface area contributed by atoms with Crippen LogP contribution in [-0.4, -0.2) is 41.7 Å². The van der Waals surface area contributed by atoms with Crippen LogP contribution in [0.1, 0.15) is 103 Å². The molecule has 1 fully saturated rings. The molecule has 0 amide bonds. The molecule has 0 spiro atoms. The van der Waals surface area contributed by atoms with Crippen molar-refractivity contribution in [2.24, 2.45) is 0 Å². The molecule has 1 aliphatic rings. The fraction of sp³-hybridized carbons (Fsp3) is 1.00. The summed E-state index contributed by atoms with van der Waals surface area (Å²) >= 11 is 0. The summed E-state index contributed by atoms with van der Waals surface area (Å²) in [7, 11) is 4.95. The van der Waals surface area contributed by atoms with E-state index in [0.29, 0.717) is 0 Å². The second-order valence-corrected chi connectivity index (χ2v) is 8.06. The smallest absolute Gasteiger partial charge is 0.0886 e.